The van der Waals surface area contributed by atoms with Crippen LogP contribution in [-0.2, 0) is 22.6 Å². The minimum absolute atomic E-state index is 0.0460. The van der Waals surface area contributed by atoms with Gasteiger partial charge >= 0.3 is 0 Å². The Labute approximate surface area is 89.6 Å². The molecule has 0 atom stereocenters. The highest BCUT2D eigenvalue weighted by Crippen LogP contribution is 1.98. The highest BCUT2D eigenvalue weighted by Gasteiger charge is 1.96. The van der Waals surface area contributed by atoms with Crippen LogP contribution in [0.1, 0.15) is 12.0 Å². The van der Waals surface area contributed by atoms with E-state index >= 15 is 0 Å². The molecule has 0 bridgehead atoms. The van der Waals surface area contributed by atoms with E-state index in [1.807, 2.05) is 10.9 Å². The van der Waals surface area contributed by atoms with Crippen molar-refractivity contribution in [3.05, 3.63) is 18.0 Å². The van der Waals surface area contributed by atoms with Gasteiger partial charge in [0.25, 0.3) is 0 Å². The van der Waals surface area contributed by atoms with E-state index < -0.39 is 0 Å². The lowest BCUT2D eigenvalue weighted by Gasteiger charge is -2.03. The molecule has 0 amide bonds. The van der Waals surface area contributed by atoms with Gasteiger partial charge in [-0.3, -0.25) is 4.68 Å². The number of nitrogens with zero attached hydrogens (tertiary/aromatic N) is 2. The molecule has 0 saturated carbocycles. The third kappa shape index (κ3) is 4.92. The lowest BCUT2D eigenvalue weighted by molar-refractivity contribution is 0.0677. The van der Waals surface area contributed by atoms with Crippen molar-refractivity contribution in [2.45, 2.75) is 19.6 Å². The minimum Gasteiger partial charge on any atom is -0.392 e. The molecule has 5 nitrogen and oxygen atoms in total. The summed E-state index contributed by atoms with van der Waals surface area (Å²) in [4.78, 5) is 0. The van der Waals surface area contributed by atoms with Crippen molar-refractivity contribution >= 4 is 0 Å². The number of aromatic nitrogens is 2. The topological polar surface area (TPSA) is 56.5 Å². The first-order valence-electron chi connectivity index (χ1n) is 5.05. The average molecular weight is 214 g/mol. The van der Waals surface area contributed by atoms with Crippen LogP contribution in [0.25, 0.3) is 0 Å². The molecule has 0 fully saturated rings. The van der Waals surface area contributed by atoms with Gasteiger partial charge in [0.1, 0.15) is 0 Å². The fourth-order valence-corrected chi connectivity index (χ4v) is 1.18. The van der Waals surface area contributed by atoms with E-state index in [9.17, 15) is 0 Å². The van der Waals surface area contributed by atoms with Gasteiger partial charge in [0.2, 0.25) is 0 Å². The van der Waals surface area contributed by atoms with Gasteiger partial charge in [0, 0.05) is 32.0 Å². The maximum atomic E-state index is 8.83. The van der Waals surface area contributed by atoms with Crippen molar-refractivity contribution in [1.29, 1.82) is 0 Å². The van der Waals surface area contributed by atoms with Gasteiger partial charge in [-0.15, -0.1) is 0 Å². The van der Waals surface area contributed by atoms with Crippen LogP contribution < -0.4 is 0 Å². The molecule has 0 radical (unpaired) electrons. The molecule has 1 heterocycles. The van der Waals surface area contributed by atoms with E-state index in [2.05, 4.69) is 5.10 Å². The van der Waals surface area contributed by atoms with E-state index in [1.54, 1.807) is 13.3 Å². The molecule has 0 aliphatic rings. The number of methoxy groups -OCH3 is 1. The van der Waals surface area contributed by atoms with E-state index in [4.69, 9.17) is 14.6 Å². The van der Waals surface area contributed by atoms with E-state index in [1.165, 1.54) is 0 Å². The zero-order valence-electron chi connectivity index (χ0n) is 9.06. The standard InChI is InChI=1S/C10H18N2O3/c1-14-5-6-15-4-2-3-12-8-10(9-13)7-11-12/h7-8,13H,2-6,9H2,1H3. The number of aryl methyl sites for hydroxylation is 1. The second kappa shape index (κ2) is 7.39. The Kier molecular flexibility index (Phi) is 5.99. The maximum absolute atomic E-state index is 8.83. The molecule has 1 aromatic rings. The molecule has 0 spiro atoms. The molecule has 1 aromatic heterocycles. The summed E-state index contributed by atoms with van der Waals surface area (Å²) in [6, 6.07) is 0. The minimum atomic E-state index is 0.0460. The average Bonchev–Trinajstić information content (AvgIpc) is 2.71. The molecule has 0 aromatic carbocycles. The van der Waals surface area contributed by atoms with Crippen LogP contribution in [0.2, 0.25) is 0 Å². The van der Waals surface area contributed by atoms with Crippen LogP contribution in [-0.4, -0.2) is 41.8 Å². The van der Waals surface area contributed by atoms with Crippen molar-refractivity contribution in [1.82, 2.24) is 9.78 Å². The van der Waals surface area contributed by atoms with E-state index in [-0.39, 0.29) is 6.61 Å². The van der Waals surface area contributed by atoms with E-state index in [0.29, 0.717) is 19.8 Å². The molecule has 1 rings (SSSR count). The summed E-state index contributed by atoms with van der Waals surface area (Å²) in [5, 5.41) is 12.9. The second-order valence-corrected chi connectivity index (χ2v) is 3.23. The molecule has 0 aliphatic carbocycles. The van der Waals surface area contributed by atoms with Gasteiger partial charge in [-0.25, -0.2) is 0 Å². The normalized spacial score (nSPS) is 10.8. The number of ether oxygens (including phenoxy) is 2. The van der Waals surface area contributed by atoms with Gasteiger partial charge in [-0.05, 0) is 6.42 Å². The smallest absolute Gasteiger partial charge is 0.0712 e. The molecule has 86 valence electrons. The monoisotopic (exact) mass is 214 g/mol. The summed E-state index contributed by atoms with van der Waals surface area (Å²) >= 11 is 0. The fourth-order valence-electron chi connectivity index (χ4n) is 1.18. The molecular weight excluding hydrogens is 196 g/mol. The van der Waals surface area contributed by atoms with Crippen LogP contribution in [0.4, 0.5) is 0 Å². The highest BCUT2D eigenvalue weighted by atomic mass is 16.5. The Morgan fingerprint density at radius 1 is 1.40 bits per heavy atom. The van der Waals surface area contributed by atoms with Crippen LogP contribution >= 0.6 is 0 Å². The first-order chi connectivity index (χ1) is 7.36. The van der Waals surface area contributed by atoms with Crippen LogP contribution in [0, 0.1) is 0 Å². The number of aliphatic hydroxyl groups excluding tert-OH is 1. The zero-order chi connectivity index (χ0) is 10.9. The first kappa shape index (κ1) is 12.2. The summed E-state index contributed by atoms with van der Waals surface area (Å²) in [6.07, 6.45) is 4.43. The Morgan fingerprint density at radius 3 is 2.93 bits per heavy atom. The summed E-state index contributed by atoms with van der Waals surface area (Å²) in [5.74, 6) is 0. The number of aliphatic hydroxyl groups is 1. The Hall–Kier alpha value is -0.910. The molecule has 1 N–H and O–H groups in total. The lowest BCUT2D eigenvalue weighted by atomic mass is 10.4. The summed E-state index contributed by atoms with van der Waals surface area (Å²) < 4.78 is 12.0. The van der Waals surface area contributed by atoms with Gasteiger partial charge in [-0.1, -0.05) is 0 Å². The SMILES string of the molecule is COCCOCCCn1cc(CO)cn1. The Balaban J connectivity index is 2.04. The third-order valence-electron chi connectivity index (χ3n) is 1.98. The van der Waals surface area contributed by atoms with Crippen LogP contribution in [0.15, 0.2) is 12.4 Å². The maximum Gasteiger partial charge on any atom is 0.0712 e. The summed E-state index contributed by atoms with van der Waals surface area (Å²) in [5.41, 5.74) is 0.843. The third-order valence-corrected chi connectivity index (χ3v) is 1.98. The van der Waals surface area contributed by atoms with Gasteiger partial charge in [0.05, 0.1) is 26.0 Å². The van der Waals surface area contributed by atoms with Crippen molar-refractivity contribution in [3.8, 4) is 0 Å². The van der Waals surface area contributed by atoms with Gasteiger partial charge < -0.3 is 14.6 Å². The van der Waals surface area contributed by atoms with Crippen molar-refractivity contribution in [3.63, 3.8) is 0 Å². The van der Waals surface area contributed by atoms with Crippen molar-refractivity contribution in [2.75, 3.05) is 26.9 Å². The Bertz CT molecular complexity index is 263. The van der Waals surface area contributed by atoms with Crippen molar-refractivity contribution < 1.29 is 14.6 Å². The van der Waals surface area contributed by atoms with Crippen molar-refractivity contribution in [2.24, 2.45) is 0 Å². The largest absolute Gasteiger partial charge is 0.392 e. The molecule has 15 heavy (non-hydrogen) atoms. The fraction of sp³-hybridized carbons (Fsp3) is 0.700. The second-order valence-electron chi connectivity index (χ2n) is 3.23. The molecule has 5 heteroatoms. The van der Waals surface area contributed by atoms with Gasteiger partial charge in [0.15, 0.2) is 0 Å². The molecular formula is C10H18N2O3. The lowest BCUT2D eigenvalue weighted by Crippen LogP contribution is -2.06. The van der Waals surface area contributed by atoms with E-state index in [0.717, 1.165) is 18.5 Å². The molecule has 0 saturated heterocycles. The molecule has 0 unspecified atom stereocenters. The van der Waals surface area contributed by atoms with Crippen LogP contribution in [0.5, 0.6) is 0 Å². The Morgan fingerprint density at radius 2 is 2.27 bits per heavy atom. The summed E-state index contributed by atoms with van der Waals surface area (Å²) in [6.45, 7) is 2.84. The van der Waals surface area contributed by atoms with Gasteiger partial charge in [-0.2, -0.15) is 5.10 Å². The number of hydrogen-bond acceptors (Lipinski definition) is 4. The molecule has 0 aliphatic heterocycles. The predicted octanol–water partition coefficient (Wildman–Crippen LogP) is 0.428. The zero-order valence-corrected chi connectivity index (χ0v) is 9.06. The highest BCUT2D eigenvalue weighted by molar-refractivity contribution is 5.01. The van der Waals surface area contributed by atoms with Crippen LogP contribution in [0.3, 0.4) is 0 Å². The predicted molar refractivity (Wildman–Crippen MR) is 55.5 cm³/mol. The number of hydrogen-bond donors (Lipinski definition) is 1. The quantitative estimate of drug-likeness (QED) is 0.637. The summed E-state index contributed by atoms with van der Waals surface area (Å²) in [7, 11) is 1.66. The number of rotatable bonds is 8. The first-order valence-corrected chi connectivity index (χ1v) is 5.05.